The van der Waals surface area contributed by atoms with Crippen molar-refractivity contribution in [1.29, 1.82) is 0 Å². The van der Waals surface area contributed by atoms with Crippen LogP contribution in [0.15, 0.2) is 58.6 Å². The number of carbonyl (C=O) groups excluding carboxylic acids is 1. The summed E-state index contributed by atoms with van der Waals surface area (Å²) >= 11 is 1.32. The molecular weight excluding hydrogens is 408 g/mol. The molecule has 7 nitrogen and oxygen atoms in total. The molecule has 9 heteroatoms. The fourth-order valence-electron chi connectivity index (χ4n) is 3.01. The molecule has 156 valence electrons. The van der Waals surface area contributed by atoms with E-state index in [1.165, 1.54) is 22.3 Å². The average Bonchev–Trinajstić information content (AvgIpc) is 2.73. The number of rotatable bonds is 6. The van der Waals surface area contributed by atoms with E-state index in [1.807, 2.05) is 37.4 Å². The van der Waals surface area contributed by atoms with Gasteiger partial charge in [0.2, 0.25) is 15.9 Å². The summed E-state index contributed by atoms with van der Waals surface area (Å²) < 4.78 is 27.2. The predicted molar refractivity (Wildman–Crippen MR) is 114 cm³/mol. The van der Waals surface area contributed by atoms with Gasteiger partial charge in [-0.05, 0) is 24.7 Å². The van der Waals surface area contributed by atoms with Gasteiger partial charge in [0.25, 0.3) is 0 Å². The highest BCUT2D eigenvalue weighted by molar-refractivity contribution is 8.00. The normalized spacial score (nSPS) is 17.1. The zero-order valence-corrected chi connectivity index (χ0v) is 18.5. The Morgan fingerprint density at radius 2 is 1.72 bits per heavy atom. The second kappa shape index (κ2) is 9.25. The number of piperazine rings is 1. The van der Waals surface area contributed by atoms with Gasteiger partial charge in [-0.25, -0.2) is 13.4 Å². The highest BCUT2D eigenvalue weighted by atomic mass is 32.2. The first-order chi connectivity index (χ1) is 13.8. The number of hydrogen-bond acceptors (Lipinski definition) is 6. The van der Waals surface area contributed by atoms with E-state index in [0.29, 0.717) is 31.2 Å². The first-order valence-electron chi connectivity index (χ1n) is 9.36. The number of amides is 1. The maximum absolute atomic E-state index is 12.8. The molecule has 1 fully saturated rings. The average molecular weight is 435 g/mol. The minimum Gasteiger partial charge on any atom is -0.348 e. The van der Waals surface area contributed by atoms with Crippen molar-refractivity contribution in [2.75, 3.05) is 47.3 Å². The lowest BCUT2D eigenvalue weighted by molar-refractivity contribution is -0.128. The van der Waals surface area contributed by atoms with Crippen molar-refractivity contribution in [3.63, 3.8) is 0 Å². The third-order valence-corrected chi connectivity index (χ3v) is 7.89. The molecule has 0 bridgehead atoms. The van der Waals surface area contributed by atoms with Gasteiger partial charge in [0, 0.05) is 46.5 Å². The fourth-order valence-corrected chi connectivity index (χ4v) is 5.49. The van der Waals surface area contributed by atoms with Crippen molar-refractivity contribution < 1.29 is 13.2 Å². The summed E-state index contributed by atoms with van der Waals surface area (Å²) in [5.74, 6) is -0.0443. The summed E-state index contributed by atoms with van der Waals surface area (Å²) in [5.41, 5.74) is 0.882. The van der Waals surface area contributed by atoms with Crippen molar-refractivity contribution in [2.45, 2.75) is 15.2 Å². The summed E-state index contributed by atoms with van der Waals surface area (Å²) in [4.78, 5) is 20.9. The quantitative estimate of drug-likeness (QED) is 0.647. The minimum atomic E-state index is -3.55. The third-order valence-electron chi connectivity index (χ3n) is 4.82. The second-order valence-corrected chi connectivity index (χ2v) is 10.2. The molecule has 0 saturated carbocycles. The van der Waals surface area contributed by atoms with Crippen molar-refractivity contribution in [1.82, 2.24) is 19.1 Å². The molecular formula is C20H26N4O3S2. The number of sulfonamides is 1. The molecule has 1 amide bonds. The van der Waals surface area contributed by atoms with Crippen LogP contribution in [0.5, 0.6) is 0 Å². The van der Waals surface area contributed by atoms with Crippen molar-refractivity contribution in [3.05, 3.63) is 54.2 Å². The van der Waals surface area contributed by atoms with E-state index in [9.17, 15) is 13.2 Å². The molecule has 1 saturated heterocycles. The summed E-state index contributed by atoms with van der Waals surface area (Å²) in [6, 6.07) is 12.8. The predicted octanol–water partition coefficient (Wildman–Crippen LogP) is 1.94. The van der Waals surface area contributed by atoms with Crippen LogP contribution < -0.4 is 0 Å². The van der Waals surface area contributed by atoms with Crippen LogP contribution in [0, 0.1) is 0 Å². The van der Waals surface area contributed by atoms with Crippen LogP contribution in [0.3, 0.4) is 0 Å². The van der Waals surface area contributed by atoms with Gasteiger partial charge in [-0.15, -0.1) is 0 Å². The zero-order valence-electron chi connectivity index (χ0n) is 16.9. The minimum absolute atomic E-state index is 0.0443. The van der Waals surface area contributed by atoms with Gasteiger partial charge in [0.1, 0.15) is 10.1 Å². The molecule has 1 aromatic carbocycles. The Balaban J connectivity index is 1.79. The standard InChI is InChI=1S/C20H26N4O3S2/c1-22(2)20(25)19(16-7-5-4-6-8-16)28-18-10-9-17(15-21-18)29(26,27)24-13-11-23(3)12-14-24/h4-10,15,19H,11-14H2,1-3H3. The van der Waals surface area contributed by atoms with Crippen molar-refractivity contribution in [2.24, 2.45) is 0 Å². The lowest BCUT2D eigenvalue weighted by Crippen LogP contribution is -2.47. The van der Waals surface area contributed by atoms with E-state index in [2.05, 4.69) is 9.88 Å². The molecule has 0 radical (unpaired) electrons. The number of nitrogens with zero attached hydrogens (tertiary/aromatic N) is 4. The van der Waals surface area contributed by atoms with Gasteiger partial charge < -0.3 is 9.80 Å². The first-order valence-corrected chi connectivity index (χ1v) is 11.7. The summed E-state index contributed by atoms with van der Waals surface area (Å²) in [7, 11) is 1.87. The highest BCUT2D eigenvalue weighted by Crippen LogP contribution is 2.35. The molecule has 2 aromatic rings. The van der Waals surface area contributed by atoms with E-state index in [4.69, 9.17) is 0 Å². The Kier molecular flexibility index (Phi) is 6.94. The molecule has 1 aliphatic heterocycles. The molecule has 0 aliphatic carbocycles. The zero-order chi connectivity index (χ0) is 21.0. The molecule has 1 aliphatic rings. The maximum Gasteiger partial charge on any atom is 0.244 e. The van der Waals surface area contributed by atoms with E-state index in [1.54, 1.807) is 31.1 Å². The number of pyridine rings is 1. The summed E-state index contributed by atoms with van der Waals surface area (Å²) in [6.45, 7) is 2.38. The molecule has 0 spiro atoms. The van der Waals surface area contributed by atoms with Crippen LogP contribution in [-0.4, -0.2) is 80.7 Å². The van der Waals surface area contributed by atoms with Gasteiger partial charge in [0.05, 0.1) is 5.03 Å². The number of benzene rings is 1. The Morgan fingerprint density at radius 1 is 1.07 bits per heavy atom. The van der Waals surface area contributed by atoms with Crippen LogP contribution in [0.2, 0.25) is 0 Å². The lowest BCUT2D eigenvalue weighted by atomic mass is 10.1. The largest absolute Gasteiger partial charge is 0.348 e. The van der Waals surface area contributed by atoms with E-state index in [0.717, 1.165) is 5.56 Å². The van der Waals surface area contributed by atoms with Crippen LogP contribution in [0.1, 0.15) is 10.8 Å². The molecule has 1 aromatic heterocycles. The molecule has 1 atom stereocenters. The Hall–Kier alpha value is -1.94. The van der Waals surface area contributed by atoms with Gasteiger partial charge in [-0.2, -0.15) is 4.31 Å². The van der Waals surface area contributed by atoms with E-state index >= 15 is 0 Å². The Bertz CT molecular complexity index is 926. The van der Waals surface area contributed by atoms with Gasteiger partial charge in [-0.1, -0.05) is 42.1 Å². The summed E-state index contributed by atoms with van der Waals surface area (Å²) in [6.07, 6.45) is 1.39. The maximum atomic E-state index is 12.8. The lowest BCUT2D eigenvalue weighted by Gasteiger charge is -2.31. The van der Waals surface area contributed by atoms with Crippen LogP contribution >= 0.6 is 11.8 Å². The molecule has 3 rings (SSSR count). The highest BCUT2D eigenvalue weighted by Gasteiger charge is 2.28. The molecule has 29 heavy (non-hydrogen) atoms. The topological polar surface area (TPSA) is 73.8 Å². The van der Waals surface area contributed by atoms with Gasteiger partial charge >= 0.3 is 0 Å². The van der Waals surface area contributed by atoms with Crippen LogP contribution in [0.25, 0.3) is 0 Å². The fraction of sp³-hybridized carbons (Fsp3) is 0.400. The number of likely N-dealkylation sites (N-methyl/N-ethyl adjacent to an activating group) is 2. The molecule has 1 unspecified atom stereocenters. The number of carbonyl (C=O) groups is 1. The van der Waals surface area contributed by atoms with Gasteiger partial charge in [0.15, 0.2) is 0 Å². The van der Waals surface area contributed by atoms with Crippen LogP contribution in [-0.2, 0) is 14.8 Å². The summed E-state index contributed by atoms with van der Waals surface area (Å²) in [5, 5.41) is 0.158. The van der Waals surface area contributed by atoms with Crippen molar-refractivity contribution >= 4 is 27.7 Å². The second-order valence-electron chi connectivity index (χ2n) is 7.18. The smallest absolute Gasteiger partial charge is 0.244 e. The van der Waals surface area contributed by atoms with E-state index < -0.39 is 15.3 Å². The number of hydrogen-bond donors (Lipinski definition) is 0. The van der Waals surface area contributed by atoms with Gasteiger partial charge in [-0.3, -0.25) is 4.79 Å². The first kappa shape index (κ1) is 21.8. The van der Waals surface area contributed by atoms with E-state index in [-0.39, 0.29) is 10.8 Å². The SMILES string of the molecule is CN1CCN(S(=O)(=O)c2ccc(SC(C(=O)N(C)C)c3ccccc3)nc2)CC1. The Labute approximate surface area is 176 Å². The third kappa shape index (κ3) is 5.16. The van der Waals surface area contributed by atoms with Crippen LogP contribution in [0.4, 0.5) is 0 Å². The number of thioether (sulfide) groups is 1. The monoisotopic (exact) mass is 434 g/mol. The molecule has 2 heterocycles. The Morgan fingerprint density at radius 3 is 2.28 bits per heavy atom. The number of aromatic nitrogens is 1. The molecule has 0 N–H and O–H groups in total. The van der Waals surface area contributed by atoms with Crippen molar-refractivity contribution in [3.8, 4) is 0 Å².